The van der Waals surface area contributed by atoms with Crippen molar-refractivity contribution in [1.82, 2.24) is 15.0 Å². The van der Waals surface area contributed by atoms with E-state index in [0.29, 0.717) is 17.9 Å². The van der Waals surface area contributed by atoms with E-state index in [1.54, 1.807) is 0 Å². The summed E-state index contributed by atoms with van der Waals surface area (Å²) >= 11 is 7.94. The highest BCUT2D eigenvalue weighted by Gasteiger charge is 2.20. The van der Waals surface area contributed by atoms with E-state index in [1.165, 1.54) is 18.6 Å². The molecule has 0 amide bonds. The summed E-state index contributed by atoms with van der Waals surface area (Å²) < 4.78 is 0. The van der Waals surface area contributed by atoms with E-state index in [9.17, 15) is 0 Å². The molecule has 18 heavy (non-hydrogen) atoms. The van der Waals surface area contributed by atoms with E-state index < -0.39 is 0 Å². The molecule has 0 aromatic carbocycles. The fourth-order valence-electron chi connectivity index (χ4n) is 2.29. The van der Waals surface area contributed by atoms with Gasteiger partial charge in [0.2, 0.25) is 17.2 Å². The van der Waals surface area contributed by atoms with Gasteiger partial charge in [0.05, 0.1) is 0 Å². The fourth-order valence-corrected chi connectivity index (χ4v) is 3.60. The number of nitrogens with zero attached hydrogens (tertiary/aromatic N) is 4. The Morgan fingerprint density at radius 1 is 1.22 bits per heavy atom. The van der Waals surface area contributed by atoms with Gasteiger partial charge in [-0.1, -0.05) is 0 Å². The van der Waals surface area contributed by atoms with Crippen molar-refractivity contribution in [2.24, 2.45) is 0 Å². The predicted molar refractivity (Wildman–Crippen MR) is 75.6 cm³/mol. The smallest absolute Gasteiger partial charge is 0.231 e. The third kappa shape index (κ3) is 2.80. The number of hydrogen-bond acceptors (Lipinski definition) is 6. The third-order valence-corrected chi connectivity index (χ3v) is 4.58. The summed E-state index contributed by atoms with van der Waals surface area (Å²) in [5.41, 5.74) is 0. The van der Waals surface area contributed by atoms with Gasteiger partial charge in [-0.15, -0.1) is 0 Å². The number of halogens is 1. The molecule has 3 rings (SSSR count). The molecule has 1 aromatic rings. The first-order valence-electron chi connectivity index (χ1n) is 6.32. The van der Waals surface area contributed by atoms with Crippen molar-refractivity contribution < 1.29 is 0 Å². The summed E-state index contributed by atoms with van der Waals surface area (Å²) in [4.78, 5) is 15.0. The van der Waals surface area contributed by atoms with Crippen molar-refractivity contribution in [1.29, 1.82) is 0 Å². The molecule has 0 bridgehead atoms. The topological polar surface area (TPSA) is 53.9 Å². The average Bonchev–Trinajstić information content (AvgIpc) is 3.00. The Hall–Kier alpha value is -0.750. The van der Waals surface area contributed by atoms with E-state index >= 15 is 0 Å². The SMILES string of the molecule is Clc1nc(NC2CCSC2)nc(N2CCCC2)n1. The maximum atomic E-state index is 5.98. The quantitative estimate of drug-likeness (QED) is 0.917. The van der Waals surface area contributed by atoms with Crippen LogP contribution < -0.4 is 10.2 Å². The third-order valence-electron chi connectivity index (χ3n) is 3.25. The monoisotopic (exact) mass is 285 g/mol. The van der Waals surface area contributed by atoms with Crippen LogP contribution in [-0.4, -0.2) is 45.6 Å². The minimum Gasteiger partial charge on any atom is -0.350 e. The van der Waals surface area contributed by atoms with E-state index in [1.807, 2.05) is 11.8 Å². The minimum atomic E-state index is 0.278. The summed E-state index contributed by atoms with van der Waals surface area (Å²) in [6.45, 7) is 2.03. The zero-order chi connectivity index (χ0) is 12.4. The number of anilines is 2. The van der Waals surface area contributed by atoms with Gasteiger partial charge in [-0.2, -0.15) is 26.7 Å². The lowest BCUT2D eigenvalue weighted by molar-refractivity contribution is 0.789. The van der Waals surface area contributed by atoms with Gasteiger partial charge in [-0.25, -0.2) is 0 Å². The van der Waals surface area contributed by atoms with Crippen LogP contribution in [0.3, 0.4) is 0 Å². The van der Waals surface area contributed by atoms with Crippen LogP contribution in [0, 0.1) is 0 Å². The van der Waals surface area contributed by atoms with Crippen LogP contribution in [0.4, 0.5) is 11.9 Å². The molecule has 5 nitrogen and oxygen atoms in total. The van der Waals surface area contributed by atoms with Gasteiger partial charge < -0.3 is 10.2 Å². The lowest BCUT2D eigenvalue weighted by Gasteiger charge is -2.17. The van der Waals surface area contributed by atoms with Crippen molar-refractivity contribution in [3.8, 4) is 0 Å². The van der Waals surface area contributed by atoms with E-state index in [2.05, 4.69) is 25.2 Å². The first-order valence-corrected chi connectivity index (χ1v) is 7.85. The molecule has 1 atom stereocenters. The van der Waals surface area contributed by atoms with E-state index in [-0.39, 0.29) is 5.28 Å². The molecular weight excluding hydrogens is 270 g/mol. The summed E-state index contributed by atoms with van der Waals surface area (Å²) in [7, 11) is 0. The average molecular weight is 286 g/mol. The van der Waals surface area contributed by atoms with Crippen LogP contribution in [0.5, 0.6) is 0 Å². The van der Waals surface area contributed by atoms with Gasteiger partial charge in [0, 0.05) is 24.9 Å². The van der Waals surface area contributed by atoms with Gasteiger partial charge in [0.1, 0.15) is 0 Å². The van der Waals surface area contributed by atoms with Crippen LogP contribution in [0.15, 0.2) is 0 Å². The first-order chi connectivity index (χ1) is 8.81. The number of thioether (sulfide) groups is 1. The molecule has 2 aliphatic heterocycles. The molecule has 98 valence electrons. The van der Waals surface area contributed by atoms with Crippen LogP contribution in [0.2, 0.25) is 5.28 Å². The summed E-state index contributed by atoms with van der Waals surface area (Å²) in [6, 6.07) is 0.458. The lowest BCUT2D eigenvalue weighted by atomic mass is 10.3. The Morgan fingerprint density at radius 2 is 2.06 bits per heavy atom. The molecule has 0 saturated carbocycles. The van der Waals surface area contributed by atoms with E-state index in [0.717, 1.165) is 25.3 Å². The molecule has 0 spiro atoms. The highest BCUT2D eigenvalue weighted by atomic mass is 35.5. The van der Waals surface area contributed by atoms with E-state index in [4.69, 9.17) is 11.6 Å². The molecular formula is C11H16ClN5S. The molecule has 2 saturated heterocycles. The minimum absolute atomic E-state index is 0.278. The zero-order valence-corrected chi connectivity index (χ0v) is 11.7. The highest BCUT2D eigenvalue weighted by Crippen LogP contribution is 2.22. The number of rotatable bonds is 3. The van der Waals surface area contributed by atoms with Crippen molar-refractivity contribution in [2.75, 3.05) is 34.8 Å². The van der Waals surface area contributed by atoms with Gasteiger partial charge in [-0.05, 0) is 36.6 Å². The molecule has 7 heteroatoms. The van der Waals surface area contributed by atoms with Crippen molar-refractivity contribution in [2.45, 2.75) is 25.3 Å². The Bertz CT molecular complexity index is 418. The molecule has 3 heterocycles. The second-order valence-electron chi connectivity index (χ2n) is 4.63. The Kier molecular flexibility index (Phi) is 3.75. The first kappa shape index (κ1) is 12.3. The number of aromatic nitrogens is 3. The van der Waals surface area contributed by atoms with Gasteiger partial charge in [-0.3, -0.25) is 0 Å². The number of nitrogens with one attached hydrogen (secondary N) is 1. The maximum absolute atomic E-state index is 5.98. The normalized spacial score (nSPS) is 23.6. The molecule has 0 aliphatic carbocycles. The number of hydrogen-bond donors (Lipinski definition) is 1. The second-order valence-corrected chi connectivity index (χ2v) is 6.11. The zero-order valence-electron chi connectivity index (χ0n) is 10.1. The van der Waals surface area contributed by atoms with Crippen LogP contribution in [0.1, 0.15) is 19.3 Å². The maximum Gasteiger partial charge on any atom is 0.231 e. The van der Waals surface area contributed by atoms with Crippen molar-refractivity contribution in [3.05, 3.63) is 5.28 Å². The molecule has 1 N–H and O–H groups in total. The lowest BCUT2D eigenvalue weighted by Crippen LogP contribution is -2.24. The van der Waals surface area contributed by atoms with Crippen LogP contribution >= 0.6 is 23.4 Å². The van der Waals surface area contributed by atoms with Crippen molar-refractivity contribution >= 4 is 35.3 Å². The Labute approximate surface area is 116 Å². The fraction of sp³-hybridized carbons (Fsp3) is 0.727. The van der Waals surface area contributed by atoms with Gasteiger partial charge in [0.15, 0.2) is 0 Å². The molecule has 2 fully saturated rings. The molecule has 1 aromatic heterocycles. The largest absolute Gasteiger partial charge is 0.350 e. The van der Waals surface area contributed by atoms with Gasteiger partial charge >= 0.3 is 0 Å². The second kappa shape index (κ2) is 5.48. The summed E-state index contributed by atoms with van der Waals surface area (Å²) in [6.07, 6.45) is 3.56. The highest BCUT2D eigenvalue weighted by molar-refractivity contribution is 7.99. The standard InChI is InChI=1S/C11H16ClN5S/c12-9-14-10(13-8-3-6-18-7-8)16-11(15-9)17-4-1-2-5-17/h8H,1-7H2,(H,13,14,15,16). The summed E-state index contributed by atoms with van der Waals surface area (Å²) in [5.74, 6) is 3.64. The molecule has 0 radical (unpaired) electrons. The Balaban J connectivity index is 1.76. The van der Waals surface area contributed by atoms with Crippen molar-refractivity contribution in [3.63, 3.8) is 0 Å². The van der Waals surface area contributed by atoms with Gasteiger partial charge in [0.25, 0.3) is 0 Å². The summed E-state index contributed by atoms with van der Waals surface area (Å²) in [5, 5.41) is 3.63. The molecule has 2 aliphatic rings. The van der Waals surface area contributed by atoms with Crippen LogP contribution in [-0.2, 0) is 0 Å². The van der Waals surface area contributed by atoms with Crippen LogP contribution in [0.25, 0.3) is 0 Å². The predicted octanol–water partition coefficient (Wildman–Crippen LogP) is 2.04. The Morgan fingerprint density at radius 3 is 2.78 bits per heavy atom. The molecule has 1 unspecified atom stereocenters.